The molecule has 1 aliphatic rings. The highest BCUT2D eigenvalue weighted by atomic mass is 17.2. The van der Waals surface area contributed by atoms with Crippen molar-refractivity contribution in [1.82, 2.24) is 0 Å². The predicted molar refractivity (Wildman–Crippen MR) is 58.3 cm³/mol. The molecule has 0 heterocycles. The Morgan fingerprint density at radius 2 is 2.07 bits per heavy atom. The second-order valence-electron chi connectivity index (χ2n) is 5.02. The second kappa shape index (κ2) is 4.45. The summed E-state index contributed by atoms with van der Waals surface area (Å²) in [6.07, 6.45) is 6.48. The Balaban J connectivity index is 2.70. The highest BCUT2D eigenvalue weighted by Crippen LogP contribution is 2.29. The van der Waals surface area contributed by atoms with Crippen LogP contribution in [-0.2, 0) is 14.6 Å². The average Bonchev–Trinajstić information content (AvgIpc) is 2.15. The number of hydrogen-bond acceptors (Lipinski definition) is 3. The molecule has 0 fully saturated rings. The van der Waals surface area contributed by atoms with Gasteiger partial charge in [0.1, 0.15) is 0 Å². The molecule has 0 aliphatic heterocycles. The van der Waals surface area contributed by atoms with E-state index in [-0.39, 0.29) is 5.78 Å². The molecule has 1 unspecified atom stereocenters. The van der Waals surface area contributed by atoms with Crippen molar-refractivity contribution in [1.29, 1.82) is 0 Å². The zero-order valence-electron chi connectivity index (χ0n) is 10.0. The van der Waals surface area contributed by atoms with E-state index in [1.807, 2.05) is 32.9 Å². The van der Waals surface area contributed by atoms with E-state index in [9.17, 15) is 4.79 Å². The van der Waals surface area contributed by atoms with E-state index in [1.54, 1.807) is 6.92 Å². The first kappa shape index (κ1) is 12.4. The first-order valence-electron chi connectivity index (χ1n) is 5.41. The number of Topliss-reactive ketones (excluding diaryl/α,β-unsaturated/α-hetero) is 1. The Kier molecular flexibility index (Phi) is 3.68. The Morgan fingerprint density at radius 3 is 2.47 bits per heavy atom. The number of hydrogen-bond donors (Lipinski definition) is 0. The zero-order valence-corrected chi connectivity index (χ0v) is 10.0. The Labute approximate surface area is 91.4 Å². The minimum Gasteiger partial charge on any atom is -0.296 e. The maximum atomic E-state index is 11.6. The fourth-order valence-corrected chi connectivity index (χ4v) is 1.46. The van der Waals surface area contributed by atoms with Crippen molar-refractivity contribution >= 4 is 5.78 Å². The van der Waals surface area contributed by atoms with Gasteiger partial charge in [0.05, 0.1) is 5.60 Å². The molecule has 0 amide bonds. The van der Waals surface area contributed by atoms with Crippen LogP contribution in [0.3, 0.4) is 0 Å². The van der Waals surface area contributed by atoms with Crippen LogP contribution in [0.25, 0.3) is 0 Å². The smallest absolute Gasteiger partial charge is 0.179 e. The van der Waals surface area contributed by atoms with Crippen molar-refractivity contribution < 1.29 is 14.6 Å². The van der Waals surface area contributed by atoms with E-state index in [1.165, 1.54) is 0 Å². The largest absolute Gasteiger partial charge is 0.296 e. The van der Waals surface area contributed by atoms with Crippen molar-refractivity contribution in [3.05, 3.63) is 12.2 Å². The van der Waals surface area contributed by atoms with Gasteiger partial charge in [0.25, 0.3) is 0 Å². The summed E-state index contributed by atoms with van der Waals surface area (Å²) >= 11 is 0. The normalized spacial score (nSPS) is 26.7. The molecule has 3 nitrogen and oxygen atoms in total. The number of allylic oxidation sites excluding steroid dienone is 1. The monoisotopic (exact) mass is 212 g/mol. The molecule has 0 aromatic heterocycles. The first-order chi connectivity index (χ1) is 6.86. The third-order valence-electron chi connectivity index (χ3n) is 2.34. The molecule has 0 N–H and O–H groups in total. The predicted octanol–water partition coefficient (Wildman–Crippen LogP) is 2.80. The summed E-state index contributed by atoms with van der Waals surface area (Å²) in [7, 11) is 0. The van der Waals surface area contributed by atoms with E-state index < -0.39 is 11.2 Å². The van der Waals surface area contributed by atoms with Gasteiger partial charge in [-0.3, -0.25) is 4.79 Å². The van der Waals surface area contributed by atoms with Gasteiger partial charge in [0, 0.05) is 0 Å². The number of carbonyl (C=O) groups is 1. The van der Waals surface area contributed by atoms with E-state index in [0.29, 0.717) is 6.42 Å². The minimum absolute atomic E-state index is 0.00250. The van der Waals surface area contributed by atoms with Crippen LogP contribution >= 0.6 is 0 Å². The summed E-state index contributed by atoms with van der Waals surface area (Å²) < 4.78 is 0. The maximum Gasteiger partial charge on any atom is 0.179 e. The molecule has 0 radical (unpaired) electrons. The number of rotatable bonds is 3. The van der Waals surface area contributed by atoms with Gasteiger partial charge in [0.2, 0.25) is 0 Å². The van der Waals surface area contributed by atoms with Crippen molar-refractivity contribution in [2.45, 2.75) is 58.2 Å². The van der Waals surface area contributed by atoms with Crippen molar-refractivity contribution in [3.63, 3.8) is 0 Å². The molecule has 1 rings (SSSR count). The van der Waals surface area contributed by atoms with Crippen molar-refractivity contribution in [2.24, 2.45) is 0 Å². The highest BCUT2D eigenvalue weighted by Gasteiger charge is 2.37. The summed E-state index contributed by atoms with van der Waals surface area (Å²) in [4.78, 5) is 22.2. The lowest BCUT2D eigenvalue weighted by Crippen LogP contribution is -2.41. The molecule has 0 aromatic rings. The molecule has 0 bridgehead atoms. The SMILES string of the molecule is CC(=O)C1(OOC(C)(C)C)C=CCCC1. The van der Waals surface area contributed by atoms with Gasteiger partial charge in [-0.1, -0.05) is 6.08 Å². The van der Waals surface area contributed by atoms with Crippen molar-refractivity contribution in [2.75, 3.05) is 0 Å². The van der Waals surface area contributed by atoms with Gasteiger partial charge >= 0.3 is 0 Å². The lowest BCUT2D eigenvalue weighted by Gasteiger charge is -2.32. The van der Waals surface area contributed by atoms with Gasteiger partial charge in [-0.2, -0.15) is 0 Å². The summed E-state index contributed by atoms with van der Waals surface area (Å²) in [6, 6.07) is 0. The molecule has 3 heteroatoms. The van der Waals surface area contributed by atoms with E-state index >= 15 is 0 Å². The molecule has 0 saturated carbocycles. The van der Waals surface area contributed by atoms with E-state index in [4.69, 9.17) is 9.78 Å². The fourth-order valence-electron chi connectivity index (χ4n) is 1.46. The lowest BCUT2D eigenvalue weighted by molar-refractivity contribution is -0.385. The molecule has 1 atom stereocenters. The molecular formula is C12H20O3. The van der Waals surface area contributed by atoms with Crippen LogP contribution in [0, 0.1) is 0 Å². The Bertz CT molecular complexity index is 263. The van der Waals surface area contributed by atoms with Crippen LogP contribution in [0.4, 0.5) is 0 Å². The summed E-state index contributed by atoms with van der Waals surface area (Å²) in [5.74, 6) is 0.00250. The number of carbonyl (C=O) groups excluding carboxylic acids is 1. The molecule has 86 valence electrons. The van der Waals surface area contributed by atoms with E-state index in [2.05, 4.69) is 0 Å². The second-order valence-corrected chi connectivity index (χ2v) is 5.02. The van der Waals surface area contributed by atoms with Crippen LogP contribution in [0.2, 0.25) is 0 Å². The van der Waals surface area contributed by atoms with Gasteiger partial charge in [-0.05, 0) is 53.0 Å². The third-order valence-corrected chi connectivity index (χ3v) is 2.34. The molecular weight excluding hydrogens is 192 g/mol. The van der Waals surface area contributed by atoms with Gasteiger partial charge in [-0.15, -0.1) is 0 Å². The lowest BCUT2D eigenvalue weighted by atomic mass is 9.88. The topological polar surface area (TPSA) is 35.5 Å². The number of ketones is 1. The fraction of sp³-hybridized carbons (Fsp3) is 0.750. The van der Waals surface area contributed by atoms with Crippen LogP contribution in [0.5, 0.6) is 0 Å². The van der Waals surface area contributed by atoms with Crippen LogP contribution < -0.4 is 0 Å². The summed E-state index contributed by atoms with van der Waals surface area (Å²) in [5, 5.41) is 0. The van der Waals surface area contributed by atoms with Crippen LogP contribution in [0.1, 0.15) is 47.0 Å². The zero-order chi connectivity index (χ0) is 11.5. The minimum atomic E-state index is -0.856. The molecule has 0 spiro atoms. The van der Waals surface area contributed by atoms with Gasteiger partial charge in [-0.25, -0.2) is 9.78 Å². The van der Waals surface area contributed by atoms with Crippen molar-refractivity contribution in [3.8, 4) is 0 Å². The maximum absolute atomic E-state index is 11.6. The Hall–Kier alpha value is -0.670. The Morgan fingerprint density at radius 1 is 1.40 bits per heavy atom. The third kappa shape index (κ3) is 3.43. The quantitative estimate of drug-likeness (QED) is 0.410. The van der Waals surface area contributed by atoms with Crippen LogP contribution in [-0.4, -0.2) is 17.0 Å². The van der Waals surface area contributed by atoms with E-state index in [0.717, 1.165) is 12.8 Å². The standard InChI is InChI=1S/C12H20O3/c1-10(13)12(8-6-5-7-9-12)15-14-11(2,3)4/h6,8H,5,7,9H2,1-4H3. The summed E-state index contributed by atoms with van der Waals surface area (Å²) in [6.45, 7) is 7.23. The summed E-state index contributed by atoms with van der Waals surface area (Å²) in [5.41, 5.74) is -1.25. The van der Waals surface area contributed by atoms with Gasteiger partial charge < -0.3 is 0 Å². The average molecular weight is 212 g/mol. The molecule has 0 aromatic carbocycles. The molecule has 0 saturated heterocycles. The van der Waals surface area contributed by atoms with Gasteiger partial charge in [0.15, 0.2) is 11.4 Å². The van der Waals surface area contributed by atoms with Crippen LogP contribution in [0.15, 0.2) is 12.2 Å². The highest BCUT2D eigenvalue weighted by molar-refractivity contribution is 5.87. The first-order valence-corrected chi connectivity index (χ1v) is 5.41. The molecule has 1 aliphatic carbocycles. The molecule has 15 heavy (non-hydrogen) atoms.